The molecule has 126 valence electrons. The summed E-state index contributed by atoms with van der Waals surface area (Å²) >= 11 is 0. The molecular formula is C17H27F3N2. The zero-order valence-electron chi connectivity index (χ0n) is 14.0. The van der Waals surface area contributed by atoms with E-state index in [-0.39, 0.29) is 5.69 Å². The van der Waals surface area contributed by atoms with Gasteiger partial charge in [-0.05, 0) is 43.9 Å². The first kappa shape index (κ1) is 18.9. The summed E-state index contributed by atoms with van der Waals surface area (Å²) in [6.45, 7) is 10.6. The highest BCUT2D eigenvalue weighted by atomic mass is 19.4. The summed E-state index contributed by atoms with van der Waals surface area (Å²) in [4.78, 5) is 6.50. The fraction of sp³-hybridized carbons (Fsp3) is 0.706. The molecule has 0 bridgehead atoms. The Balaban J connectivity index is 0.00000116. The zero-order valence-corrected chi connectivity index (χ0v) is 14.0. The number of rotatable bonds is 3. The van der Waals surface area contributed by atoms with Crippen LogP contribution in [0.2, 0.25) is 0 Å². The van der Waals surface area contributed by atoms with Gasteiger partial charge in [0.15, 0.2) is 0 Å². The summed E-state index contributed by atoms with van der Waals surface area (Å²) in [6.07, 6.45) is -1.62. The molecule has 0 N–H and O–H groups in total. The second-order valence-corrected chi connectivity index (χ2v) is 5.63. The molecule has 1 unspecified atom stereocenters. The second-order valence-electron chi connectivity index (χ2n) is 5.63. The Morgan fingerprint density at radius 3 is 2.50 bits per heavy atom. The fourth-order valence-corrected chi connectivity index (χ4v) is 2.82. The third-order valence-corrected chi connectivity index (χ3v) is 3.80. The van der Waals surface area contributed by atoms with E-state index in [9.17, 15) is 13.2 Å². The van der Waals surface area contributed by atoms with Crippen LogP contribution in [0.5, 0.6) is 0 Å². The summed E-state index contributed by atoms with van der Waals surface area (Å²) in [5.74, 6) is 0.656. The molecule has 1 fully saturated rings. The molecule has 1 aliphatic heterocycles. The van der Waals surface area contributed by atoms with Gasteiger partial charge in [-0.3, -0.25) is 9.88 Å². The maximum atomic E-state index is 12.8. The number of pyridine rings is 1. The Hall–Kier alpha value is -1.10. The Morgan fingerprint density at radius 2 is 1.95 bits per heavy atom. The topological polar surface area (TPSA) is 16.1 Å². The number of hydrogen-bond acceptors (Lipinski definition) is 2. The predicted molar refractivity (Wildman–Crippen MR) is 83.6 cm³/mol. The molecule has 5 heteroatoms. The van der Waals surface area contributed by atoms with Crippen LogP contribution in [-0.4, -0.2) is 23.0 Å². The lowest BCUT2D eigenvalue weighted by Crippen LogP contribution is -2.34. The van der Waals surface area contributed by atoms with Crippen molar-refractivity contribution in [3.8, 4) is 0 Å². The number of hydrogen-bond donors (Lipinski definition) is 0. The van der Waals surface area contributed by atoms with E-state index in [1.807, 2.05) is 13.8 Å². The highest BCUT2D eigenvalue weighted by Crippen LogP contribution is 2.31. The van der Waals surface area contributed by atoms with E-state index in [0.29, 0.717) is 18.9 Å². The lowest BCUT2D eigenvalue weighted by molar-refractivity contribution is -0.138. The lowest BCUT2D eigenvalue weighted by Gasteiger charge is -2.30. The minimum Gasteiger partial charge on any atom is -0.297 e. The Labute approximate surface area is 131 Å². The van der Waals surface area contributed by atoms with Crippen LogP contribution in [0.1, 0.15) is 57.5 Å². The molecule has 1 aliphatic rings. The highest BCUT2D eigenvalue weighted by molar-refractivity contribution is 5.26. The summed E-state index contributed by atoms with van der Waals surface area (Å²) in [6, 6.07) is 2.69. The smallest absolute Gasteiger partial charge is 0.297 e. The highest BCUT2D eigenvalue weighted by Gasteiger charge is 2.33. The molecule has 2 rings (SSSR count). The standard InChI is InChI=1S/C15H21F3N2.C2H6/c1-3-14-13(15(16,17)18)7-6-12(19-14)10-20-8-4-5-11(2)9-20;1-2/h6-7,11H,3-5,8-10H2,1-2H3;1-2H3. The SMILES string of the molecule is CC.CCc1nc(CN2CCCC(C)C2)ccc1C(F)(F)F. The number of aryl methyl sites for hydroxylation is 1. The van der Waals surface area contributed by atoms with Crippen LogP contribution in [0, 0.1) is 5.92 Å². The van der Waals surface area contributed by atoms with Crippen molar-refractivity contribution in [3.05, 3.63) is 29.1 Å². The van der Waals surface area contributed by atoms with Gasteiger partial charge in [-0.25, -0.2) is 0 Å². The molecule has 0 aromatic carbocycles. The molecular weight excluding hydrogens is 289 g/mol. The Bertz CT molecular complexity index is 458. The second kappa shape index (κ2) is 8.51. The van der Waals surface area contributed by atoms with E-state index in [4.69, 9.17) is 0 Å². The van der Waals surface area contributed by atoms with Crippen molar-refractivity contribution in [3.63, 3.8) is 0 Å². The fourth-order valence-electron chi connectivity index (χ4n) is 2.82. The first-order valence-electron chi connectivity index (χ1n) is 8.18. The van der Waals surface area contributed by atoms with E-state index in [0.717, 1.165) is 25.2 Å². The van der Waals surface area contributed by atoms with Crippen LogP contribution in [-0.2, 0) is 19.1 Å². The Morgan fingerprint density at radius 1 is 1.27 bits per heavy atom. The van der Waals surface area contributed by atoms with Crippen LogP contribution in [0.25, 0.3) is 0 Å². The molecule has 1 aromatic heterocycles. The molecule has 0 amide bonds. The zero-order chi connectivity index (χ0) is 16.8. The largest absolute Gasteiger partial charge is 0.418 e. The molecule has 0 saturated carbocycles. The predicted octanol–water partition coefficient (Wildman–Crippen LogP) is 4.92. The van der Waals surface area contributed by atoms with Crippen molar-refractivity contribution in [1.82, 2.24) is 9.88 Å². The first-order valence-corrected chi connectivity index (χ1v) is 8.18. The number of alkyl halides is 3. The molecule has 1 atom stereocenters. The quantitative estimate of drug-likeness (QED) is 0.787. The van der Waals surface area contributed by atoms with Crippen molar-refractivity contribution >= 4 is 0 Å². The van der Waals surface area contributed by atoms with Gasteiger partial charge in [0.25, 0.3) is 0 Å². The maximum Gasteiger partial charge on any atom is 0.418 e. The average Bonchev–Trinajstić information content (AvgIpc) is 2.48. The number of nitrogens with zero attached hydrogens (tertiary/aromatic N) is 2. The summed E-state index contributed by atoms with van der Waals surface area (Å²) < 4.78 is 38.5. The molecule has 22 heavy (non-hydrogen) atoms. The molecule has 0 aliphatic carbocycles. The van der Waals surface area contributed by atoms with Gasteiger partial charge < -0.3 is 0 Å². The van der Waals surface area contributed by atoms with Crippen LogP contribution in [0.3, 0.4) is 0 Å². The van der Waals surface area contributed by atoms with E-state index in [2.05, 4.69) is 16.8 Å². The monoisotopic (exact) mass is 316 g/mol. The molecule has 1 saturated heterocycles. The van der Waals surface area contributed by atoms with Crippen LogP contribution in [0.4, 0.5) is 13.2 Å². The van der Waals surface area contributed by atoms with Crippen molar-refractivity contribution in [2.75, 3.05) is 13.1 Å². The minimum absolute atomic E-state index is 0.153. The molecule has 0 radical (unpaired) electrons. The molecule has 2 heterocycles. The third-order valence-electron chi connectivity index (χ3n) is 3.80. The van der Waals surface area contributed by atoms with Gasteiger partial charge in [-0.1, -0.05) is 27.7 Å². The van der Waals surface area contributed by atoms with Gasteiger partial charge in [0, 0.05) is 13.1 Å². The first-order chi connectivity index (χ1) is 10.4. The van der Waals surface area contributed by atoms with Crippen molar-refractivity contribution in [1.29, 1.82) is 0 Å². The third kappa shape index (κ3) is 5.27. The van der Waals surface area contributed by atoms with E-state index in [1.54, 1.807) is 6.92 Å². The minimum atomic E-state index is -4.31. The van der Waals surface area contributed by atoms with Gasteiger partial charge in [0.1, 0.15) is 0 Å². The van der Waals surface area contributed by atoms with Crippen molar-refractivity contribution in [2.24, 2.45) is 5.92 Å². The van der Waals surface area contributed by atoms with Crippen LogP contribution in [0.15, 0.2) is 12.1 Å². The number of halogens is 3. The number of likely N-dealkylation sites (tertiary alicyclic amines) is 1. The van der Waals surface area contributed by atoms with Crippen LogP contribution < -0.4 is 0 Å². The van der Waals surface area contributed by atoms with Gasteiger partial charge in [-0.2, -0.15) is 13.2 Å². The number of aromatic nitrogens is 1. The van der Waals surface area contributed by atoms with Crippen molar-refractivity contribution in [2.45, 2.75) is 59.7 Å². The molecule has 2 nitrogen and oxygen atoms in total. The van der Waals surface area contributed by atoms with Crippen LogP contribution >= 0.6 is 0 Å². The normalized spacial score (nSPS) is 19.5. The summed E-state index contributed by atoms with van der Waals surface area (Å²) in [5, 5.41) is 0. The summed E-state index contributed by atoms with van der Waals surface area (Å²) in [5.41, 5.74) is 0.291. The summed E-state index contributed by atoms with van der Waals surface area (Å²) in [7, 11) is 0. The molecule has 0 spiro atoms. The van der Waals surface area contributed by atoms with Gasteiger partial charge in [0.05, 0.1) is 17.0 Å². The van der Waals surface area contributed by atoms with E-state index in [1.165, 1.54) is 18.6 Å². The Kier molecular flexibility index (Phi) is 7.33. The van der Waals surface area contributed by atoms with Crippen molar-refractivity contribution < 1.29 is 13.2 Å². The van der Waals surface area contributed by atoms with E-state index >= 15 is 0 Å². The van der Waals surface area contributed by atoms with Gasteiger partial charge >= 0.3 is 6.18 Å². The maximum absolute atomic E-state index is 12.8. The molecule has 1 aromatic rings. The van der Waals surface area contributed by atoms with Gasteiger partial charge in [0.2, 0.25) is 0 Å². The van der Waals surface area contributed by atoms with Gasteiger partial charge in [-0.15, -0.1) is 0 Å². The number of piperidine rings is 1. The lowest BCUT2D eigenvalue weighted by atomic mass is 10.00. The van der Waals surface area contributed by atoms with E-state index < -0.39 is 11.7 Å². The average molecular weight is 316 g/mol.